The highest BCUT2D eigenvalue weighted by molar-refractivity contribution is 6.32. The minimum atomic E-state index is -0.878. The van der Waals surface area contributed by atoms with Crippen LogP contribution in [0.4, 0.5) is 0 Å². The summed E-state index contributed by atoms with van der Waals surface area (Å²) in [5.74, 6) is 0.0709. The van der Waals surface area contributed by atoms with Crippen molar-refractivity contribution in [3.05, 3.63) is 107 Å². The molecule has 0 radical (unpaired) electrons. The number of Topliss-reactive ketones (excluding diaryl/α,β-unsaturated/α-hetero) is 1. The molecule has 0 saturated heterocycles. The predicted molar refractivity (Wildman–Crippen MR) is 119 cm³/mol. The van der Waals surface area contributed by atoms with Crippen molar-refractivity contribution in [2.45, 2.75) is 38.3 Å². The van der Waals surface area contributed by atoms with Gasteiger partial charge in [-0.2, -0.15) is 0 Å². The van der Waals surface area contributed by atoms with Crippen molar-refractivity contribution < 1.29 is 9.22 Å². The van der Waals surface area contributed by atoms with Crippen LogP contribution in [0, 0.1) is 0 Å². The van der Waals surface area contributed by atoms with Crippen molar-refractivity contribution in [2.24, 2.45) is 0 Å². The van der Waals surface area contributed by atoms with E-state index in [4.69, 9.17) is 4.43 Å². The van der Waals surface area contributed by atoms with Crippen LogP contribution in [0.2, 0.25) is 5.04 Å². The van der Waals surface area contributed by atoms with Crippen LogP contribution in [0.5, 0.6) is 0 Å². The standard InChI is InChI=1S/C25H28O2Si/c1-19(26)20-15-17-23(18-16-20)25(27-28-24(2,3)4,21-11-7-5-8-12-21)22-13-9-6-10-14-22/h5-18H,28H2,1-4H3. The molecule has 3 rings (SSSR count). The van der Waals surface area contributed by atoms with Crippen LogP contribution in [-0.4, -0.2) is 15.5 Å². The second kappa shape index (κ2) is 8.25. The Morgan fingerprint density at radius 2 is 1.14 bits per heavy atom. The third kappa shape index (κ3) is 4.32. The Hall–Kier alpha value is -2.49. The molecule has 0 amide bonds. The normalized spacial score (nSPS) is 12.4. The van der Waals surface area contributed by atoms with Crippen LogP contribution in [0.15, 0.2) is 84.9 Å². The van der Waals surface area contributed by atoms with E-state index in [2.05, 4.69) is 69.3 Å². The topological polar surface area (TPSA) is 26.3 Å². The summed E-state index contributed by atoms with van der Waals surface area (Å²) in [6.07, 6.45) is 0. The maximum Gasteiger partial charge on any atom is 0.169 e. The minimum Gasteiger partial charge on any atom is -0.406 e. The van der Waals surface area contributed by atoms with Crippen molar-refractivity contribution in [1.29, 1.82) is 0 Å². The lowest BCUT2D eigenvalue weighted by Gasteiger charge is -2.38. The lowest BCUT2D eigenvalue weighted by molar-refractivity contribution is 0.101. The van der Waals surface area contributed by atoms with Crippen LogP contribution in [0.1, 0.15) is 54.7 Å². The third-order valence-corrected chi connectivity index (χ3v) is 6.22. The van der Waals surface area contributed by atoms with Gasteiger partial charge < -0.3 is 4.43 Å². The average molecular weight is 389 g/mol. The van der Waals surface area contributed by atoms with E-state index in [0.717, 1.165) is 16.7 Å². The molecule has 28 heavy (non-hydrogen) atoms. The highest BCUT2D eigenvalue weighted by atomic mass is 28.2. The highest BCUT2D eigenvalue weighted by Crippen LogP contribution is 2.41. The fourth-order valence-electron chi connectivity index (χ4n) is 3.36. The van der Waals surface area contributed by atoms with Crippen molar-refractivity contribution in [3.8, 4) is 0 Å². The number of hydrogen-bond donors (Lipinski definition) is 0. The van der Waals surface area contributed by atoms with Gasteiger partial charge in [0, 0.05) is 5.56 Å². The summed E-state index contributed by atoms with van der Waals surface area (Å²) in [6, 6.07) is 28.7. The van der Waals surface area contributed by atoms with Gasteiger partial charge in [0.2, 0.25) is 0 Å². The summed E-state index contributed by atoms with van der Waals surface area (Å²) >= 11 is 0. The third-order valence-electron chi connectivity index (χ3n) is 4.78. The number of benzene rings is 3. The Labute approximate surface area is 170 Å². The van der Waals surface area contributed by atoms with Gasteiger partial charge >= 0.3 is 0 Å². The van der Waals surface area contributed by atoms with Gasteiger partial charge in [-0.3, -0.25) is 4.79 Å². The summed E-state index contributed by atoms with van der Waals surface area (Å²) in [6.45, 7) is 8.30. The number of ketones is 1. The molecular formula is C25H28O2Si. The monoisotopic (exact) mass is 388 g/mol. The maximum absolute atomic E-state index is 11.8. The zero-order chi connectivity index (χ0) is 20.2. The van der Waals surface area contributed by atoms with Gasteiger partial charge in [0.05, 0.1) is 0 Å². The molecule has 0 aliphatic carbocycles. The smallest absolute Gasteiger partial charge is 0.169 e. The molecule has 0 aliphatic rings. The number of carbonyl (C=O) groups excluding carboxylic acids is 1. The van der Waals surface area contributed by atoms with Crippen molar-refractivity contribution >= 4 is 15.5 Å². The molecule has 144 valence electrons. The number of rotatable bonds is 6. The van der Waals surface area contributed by atoms with E-state index >= 15 is 0 Å². The zero-order valence-electron chi connectivity index (χ0n) is 17.1. The lowest BCUT2D eigenvalue weighted by atomic mass is 9.80. The van der Waals surface area contributed by atoms with Gasteiger partial charge in [-0.05, 0) is 28.7 Å². The first-order valence-corrected chi connectivity index (χ1v) is 11.0. The van der Waals surface area contributed by atoms with Crippen LogP contribution in [0.25, 0.3) is 0 Å². The van der Waals surface area contributed by atoms with Gasteiger partial charge in [-0.25, -0.2) is 0 Å². The van der Waals surface area contributed by atoms with Gasteiger partial charge in [0.25, 0.3) is 0 Å². The summed E-state index contributed by atoms with van der Waals surface area (Å²) in [5.41, 5.74) is 3.29. The Kier molecular flexibility index (Phi) is 5.97. The largest absolute Gasteiger partial charge is 0.406 e. The van der Waals surface area contributed by atoms with E-state index in [0.29, 0.717) is 5.56 Å². The molecule has 0 atom stereocenters. The molecule has 0 unspecified atom stereocenters. The molecular weight excluding hydrogens is 360 g/mol. The Balaban J connectivity index is 2.24. The van der Waals surface area contributed by atoms with Crippen molar-refractivity contribution in [3.63, 3.8) is 0 Å². The first-order chi connectivity index (χ1) is 13.3. The fourth-order valence-corrected chi connectivity index (χ4v) is 4.51. The molecule has 0 aliphatic heterocycles. The number of carbonyl (C=O) groups is 1. The summed E-state index contributed by atoms with van der Waals surface area (Å²) in [4.78, 5) is 11.8. The first-order valence-electron chi connectivity index (χ1n) is 9.69. The maximum atomic E-state index is 11.8. The molecule has 3 aromatic rings. The van der Waals surface area contributed by atoms with E-state index in [-0.39, 0.29) is 10.8 Å². The van der Waals surface area contributed by atoms with E-state index in [1.807, 2.05) is 36.4 Å². The Morgan fingerprint density at radius 1 is 0.714 bits per heavy atom. The molecule has 3 heteroatoms. The molecule has 0 fully saturated rings. The van der Waals surface area contributed by atoms with Gasteiger partial charge in [-0.15, -0.1) is 0 Å². The van der Waals surface area contributed by atoms with E-state index in [1.54, 1.807) is 6.92 Å². The highest BCUT2D eigenvalue weighted by Gasteiger charge is 2.38. The molecule has 0 aromatic heterocycles. The van der Waals surface area contributed by atoms with Crippen molar-refractivity contribution in [1.82, 2.24) is 0 Å². The molecule has 0 saturated carbocycles. The molecule has 0 N–H and O–H groups in total. The molecule has 2 nitrogen and oxygen atoms in total. The molecule has 3 aromatic carbocycles. The van der Waals surface area contributed by atoms with Crippen LogP contribution in [0.3, 0.4) is 0 Å². The fraction of sp³-hybridized carbons (Fsp3) is 0.240. The van der Waals surface area contributed by atoms with Gasteiger partial charge in [0.1, 0.15) is 5.60 Å². The van der Waals surface area contributed by atoms with E-state index in [1.165, 1.54) is 0 Å². The van der Waals surface area contributed by atoms with Crippen LogP contribution < -0.4 is 0 Å². The Bertz CT molecular complexity index is 871. The van der Waals surface area contributed by atoms with E-state index in [9.17, 15) is 4.79 Å². The molecule has 0 heterocycles. The Morgan fingerprint density at radius 3 is 1.54 bits per heavy atom. The second-order valence-electron chi connectivity index (χ2n) is 8.40. The summed E-state index contributed by atoms with van der Waals surface area (Å²) in [7, 11) is -0.878. The summed E-state index contributed by atoms with van der Waals surface area (Å²) in [5, 5.41) is 0.147. The number of hydrogen-bond acceptors (Lipinski definition) is 2. The second-order valence-corrected chi connectivity index (χ2v) is 11.1. The zero-order valence-corrected chi connectivity index (χ0v) is 18.5. The molecule has 0 spiro atoms. The van der Waals surface area contributed by atoms with Crippen LogP contribution in [-0.2, 0) is 10.0 Å². The summed E-state index contributed by atoms with van der Waals surface area (Å²) < 4.78 is 6.91. The average Bonchev–Trinajstić information content (AvgIpc) is 2.70. The molecule has 0 bridgehead atoms. The van der Waals surface area contributed by atoms with Gasteiger partial charge in [-0.1, -0.05) is 106 Å². The SMILES string of the molecule is CC(=O)c1ccc(C(O[SiH2]C(C)(C)C)(c2ccccc2)c2ccccc2)cc1. The van der Waals surface area contributed by atoms with Crippen LogP contribution >= 0.6 is 0 Å². The lowest BCUT2D eigenvalue weighted by Crippen LogP contribution is -2.36. The van der Waals surface area contributed by atoms with Gasteiger partial charge in [0.15, 0.2) is 15.5 Å². The predicted octanol–water partition coefficient (Wildman–Crippen LogP) is 5.50. The quantitative estimate of drug-likeness (QED) is 0.317. The first kappa shape index (κ1) is 20.2. The van der Waals surface area contributed by atoms with E-state index < -0.39 is 15.4 Å². The van der Waals surface area contributed by atoms with Crippen molar-refractivity contribution in [2.75, 3.05) is 0 Å². The minimum absolute atomic E-state index is 0.0709.